The van der Waals surface area contributed by atoms with Crippen molar-refractivity contribution in [1.82, 2.24) is 5.32 Å². The van der Waals surface area contributed by atoms with Crippen LogP contribution in [0.4, 0.5) is 5.69 Å². The van der Waals surface area contributed by atoms with Crippen molar-refractivity contribution in [1.29, 1.82) is 0 Å². The summed E-state index contributed by atoms with van der Waals surface area (Å²) in [6.45, 7) is 9.11. The van der Waals surface area contributed by atoms with E-state index in [0.29, 0.717) is 18.0 Å². The van der Waals surface area contributed by atoms with Gasteiger partial charge >= 0.3 is 0 Å². The van der Waals surface area contributed by atoms with Crippen molar-refractivity contribution >= 4 is 33.2 Å². The summed E-state index contributed by atoms with van der Waals surface area (Å²) in [7, 11) is 0. The molecule has 1 saturated heterocycles. The number of nitrogens with zero attached hydrogens (tertiary/aromatic N) is 1. The summed E-state index contributed by atoms with van der Waals surface area (Å²) in [6, 6.07) is 7.23. The predicted molar refractivity (Wildman–Crippen MR) is 91.8 cm³/mol. The largest absolute Gasteiger partial charge is 0.368 e. The second-order valence-corrected chi connectivity index (χ2v) is 7.03. The van der Waals surface area contributed by atoms with Gasteiger partial charge in [0.05, 0.1) is 5.69 Å². The summed E-state index contributed by atoms with van der Waals surface area (Å²) < 4.78 is 1.09. The standard InChI is InChI=1S/C16H24BrClN2/c1-4-8-19-15-7-9-20(12(3)11(15)2)16-6-5-13(18)10-14(16)17/h5-6,10-12,15,19H,4,7-9H2,1-3H3. The lowest BCUT2D eigenvalue weighted by Crippen LogP contribution is -2.53. The Balaban J connectivity index is 2.11. The third-order valence-electron chi connectivity index (χ3n) is 4.44. The average Bonchev–Trinajstić information content (AvgIpc) is 2.41. The van der Waals surface area contributed by atoms with E-state index in [1.165, 1.54) is 18.5 Å². The lowest BCUT2D eigenvalue weighted by Gasteiger charge is -2.44. The van der Waals surface area contributed by atoms with Crippen LogP contribution in [0, 0.1) is 5.92 Å². The van der Waals surface area contributed by atoms with E-state index in [2.05, 4.69) is 53.0 Å². The van der Waals surface area contributed by atoms with Crippen molar-refractivity contribution in [2.24, 2.45) is 5.92 Å². The second-order valence-electron chi connectivity index (χ2n) is 5.74. The molecule has 20 heavy (non-hydrogen) atoms. The van der Waals surface area contributed by atoms with E-state index in [0.717, 1.165) is 22.6 Å². The molecule has 0 radical (unpaired) electrons. The normalized spacial score (nSPS) is 26.9. The van der Waals surface area contributed by atoms with Crippen molar-refractivity contribution in [3.8, 4) is 0 Å². The van der Waals surface area contributed by atoms with Gasteiger partial charge < -0.3 is 10.2 Å². The van der Waals surface area contributed by atoms with Gasteiger partial charge in [-0.15, -0.1) is 0 Å². The van der Waals surface area contributed by atoms with E-state index in [1.807, 2.05) is 12.1 Å². The van der Waals surface area contributed by atoms with E-state index in [1.54, 1.807) is 0 Å². The van der Waals surface area contributed by atoms with Crippen molar-refractivity contribution in [2.45, 2.75) is 45.7 Å². The Morgan fingerprint density at radius 1 is 1.40 bits per heavy atom. The monoisotopic (exact) mass is 358 g/mol. The van der Waals surface area contributed by atoms with Gasteiger partial charge in [-0.1, -0.05) is 25.4 Å². The van der Waals surface area contributed by atoms with Crippen LogP contribution in [0.15, 0.2) is 22.7 Å². The maximum Gasteiger partial charge on any atom is 0.0514 e. The van der Waals surface area contributed by atoms with Gasteiger partial charge in [-0.25, -0.2) is 0 Å². The Morgan fingerprint density at radius 2 is 2.15 bits per heavy atom. The molecule has 0 spiro atoms. The van der Waals surface area contributed by atoms with Crippen LogP contribution in [0.1, 0.15) is 33.6 Å². The van der Waals surface area contributed by atoms with Crippen LogP contribution in [-0.4, -0.2) is 25.2 Å². The molecule has 1 fully saturated rings. The Bertz CT molecular complexity index is 452. The fourth-order valence-electron chi connectivity index (χ4n) is 3.04. The number of hydrogen-bond acceptors (Lipinski definition) is 2. The maximum absolute atomic E-state index is 6.04. The number of piperidine rings is 1. The number of rotatable bonds is 4. The van der Waals surface area contributed by atoms with Crippen LogP contribution in [-0.2, 0) is 0 Å². The van der Waals surface area contributed by atoms with Gasteiger partial charge in [0, 0.05) is 28.1 Å². The van der Waals surface area contributed by atoms with Gasteiger partial charge in [0.25, 0.3) is 0 Å². The number of nitrogens with one attached hydrogen (secondary N) is 1. The third kappa shape index (κ3) is 3.49. The average molecular weight is 360 g/mol. The molecule has 112 valence electrons. The van der Waals surface area contributed by atoms with Crippen LogP contribution in [0.5, 0.6) is 0 Å². The number of anilines is 1. The number of hydrogen-bond donors (Lipinski definition) is 1. The Labute approximate surface area is 136 Å². The van der Waals surface area contributed by atoms with Gasteiger partial charge in [-0.3, -0.25) is 0 Å². The minimum atomic E-state index is 0.524. The molecule has 3 unspecified atom stereocenters. The molecule has 1 N–H and O–H groups in total. The molecular formula is C16H24BrClN2. The van der Waals surface area contributed by atoms with Gasteiger partial charge in [-0.05, 0) is 66.4 Å². The van der Waals surface area contributed by atoms with Crippen LogP contribution in [0.2, 0.25) is 5.02 Å². The van der Waals surface area contributed by atoms with E-state index in [4.69, 9.17) is 11.6 Å². The van der Waals surface area contributed by atoms with E-state index >= 15 is 0 Å². The predicted octanol–water partition coefficient (Wildman–Crippen LogP) is 4.71. The van der Waals surface area contributed by atoms with E-state index < -0.39 is 0 Å². The minimum absolute atomic E-state index is 0.524. The summed E-state index contributed by atoms with van der Waals surface area (Å²) in [4.78, 5) is 2.50. The first-order valence-electron chi connectivity index (χ1n) is 7.49. The second kappa shape index (κ2) is 7.15. The molecule has 0 bridgehead atoms. The van der Waals surface area contributed by atoms with Gasteiger partial charge in [-0.2, -0.15) is 0 Å². The van der Waals surface area contributed by atoms with Gasteiger partial charge in [0.1, 0.15) is 0 Å². The molecule has 0 saturated carbocycles. The molecule has 2 nitrogen and oxygen atoms in total. The zero-order chi connectivity index (χ0) is 14.7. The summed E-state index contributed by atoms with van der Waals surface area (Å²) in [5.41, 5.74) is 1.25. The van der Waals surface area contributed by atoms with Crippen LogP contribution in [0.3, 0.4) is 0 Å². The van der Waals surface area contributed by atoms with Crippen LogP contribution < -0.4 is 10.2 Å². The minimum Gasteiger partial charge on any atom is -0.368 e. The molecular weight excluding hydrogens is 336 g/mol. The molecule has 0 amide bonds. The molecule has 1 aliphatic heterocycles. The van der Waals surface area contributed by atoms with Crippen LogP contribution >= 0.6 is 27.5 Å². The molecule has 2 rings (SSSR count). The number of halogens is 2. The first kappa shape index (κ1) is 16.1. The first-order chi connectivity index (χ1) is 9.54. The fraction of sp³-hybridized carbons (Fsp3) is 0.625. The highest BCUT2D eigenvalue weighted by atomic mass is 79.9. The Morgan fingerprint density at radius 3 is 2.80 bits per heavy atom. The quantitative estimate of drug-likeness (QED) is 0.838. The zero-order valence-electron chi connectivity index (χ0n) is 12.5. The highest BCUT2D eigenvalue weighted by Gasteiger charge is 2.32. The van der Waals surface area contributed by atoms with Crippen molar-refractivity contribution < 1.29 is 0 Å². The lowest BCUT2D eigenvalue weighted by molar-refractivity contribution is 0.271. The van der Waals surface area contributed by atoms with E-state index in [9.17, 15) is 0 Å². The smallest absolute Gasteiger partial charge is 0.0514 e. The SMILES string of the molecule is CCCNC1CCN(c2ccc(Cl)cc2Br)C(C)C1C. The van der Waals surface area contributed by atoms with Gasteiger partial charge in [0.2, 0.25) is 0 Å². The molecule has 3 atom stereocenters. The Hall–Kier alpha value is -0.250. The molecule has 1 heterocycles. The number of benzene rings is 1. The van der Waals surface area contributed by atoms with Crippen molar-refractivity contribution in [3.05, 3.63) is 27.7 Å². The topological polar surface area (TPSA) is 15.3 Å². The summed E-state index contributed by atoms with van der Waals surface area (Å²) >= 11 is 9.69. The van der Waals surface area contributed by atoms with Crippen LogP contribution in [0.25, 0.3) is 0 Å². The first-order valence-corrected chi connectivity index (χ1v) is 8.66. The molecule has 1 aliphatic rings. The fourth-order valence-corrected chi connectivity index (χ4v) is 3.95. The van der Waals surface area contributed by atoms with Crippen molar-refractivity contribution in [3.63, 3.8) is 0 Å². The van der Waals surface area contributed by atoms with Crippen molar-refractivity contribution in [2.75, 3.05) is 18.0 Å². The Kier molecular flexibility index (Phi) is 5.76. The highest BCUT2D eigenvalue weighted by molar-refractivity contribution is 9.10. The molecule has 0 aromatic heterocycles. The summed E-state index contributed by atoms with van der Waals surface area (Å²) in [6.07, 6.45) is 2.39. The molecule has 4 heteroatoms. The third-order valence-corrected chi connectivity index (χ3v) is 5.31. The zero-order valence-corrected chi connectivity index (χ0v) is 14.8. The highest BCUT2D eigenvalue weighted by Crippen LogP contribution is 2.35. The molecule has 0 aliphatic carbocycles. The summed E-state index contributed by atoms with van der Waals surface area (Å²) in [5, 5.41) is 4.47. The van der Waals surface area contributed by atoms with Gasteiger partial charge in [0.15, 0.2) is 0 Å². The maximum atomic E-state index is 6.04. The molecule has 1 aromatic carbocycles. The summed E-state index contributed by atoms with van der Waals surface area (Å²) in [5.74, 6) is 0.637. The molecule has 1 aromatic rings. The lowest BCUT2D eigenvalue weighted by atomic mass is 9.86. The van der Waals surface area contributed by atoms with E-state index in [-0.39, 0.29) is 0 Å².